The Morgan fingerprint density at radius 2 is 1.81 bits per heavy atom. The maximum atomic E-state index is 12.0. The lowest BCUT2D eigenvalue weighted by Gasteiger charge is -2.08. The monoisotopic (exact) mass is 309 g/mol. The zero-order valence-electron chi connectivity index (χ0n) is 12.0. The second-order valence-electron chi connectivity index (χ2n) is 5.10. The van der Waals surface area contributed by atoms with Crippen LogP contribution >= 0.6 is 0 Å². The van der Waals surface area contributed by atoms with Gasteiger partial charge < -0.3 is 9.52 Å². The van der Waals surface area contributed by atoms with E-state index in [0.717, 1.165) is 5.56 Å². The van der Waals surface area contributed by atoms with Gasteiger partial charge in [-0.2, -0.15) is 0 Å². The summed E-state index contributed by atoms with van der Waals surface area (Å²) in [6.45, 7) is 4.07. The molecule has 0 fully saturated rings. The van der Waals surface area contributed by atoms with Gasteiger partial charge in [0.05, 0.1) is 0 Å². The third kappa shape index (κ3) is 3.93. The first-order chi connectivity index (χ1) is 9.92. The molecule has 2 rings (SSSR count). The Labute approximate surface area is 124 Å². The zero-order chi connectivity index (χ0) is 15.5. The van der Waals surface area contributed by atoms with E-state index in [9.17, 15) is 8.42 Å². The fourth-order valence-corrected chi connectivity index (χ4v) is 2.82. The predicted octanol–water partition coefficient (Wildman–Crippen LogP) is 2.37. The summed E-state index contributed by atoms with van der Waals surface area (Å²) in [6.07, 6.45) is 0. The molecule has 0 saturated heterocycles. The van der Waals surface area contributed by atoms with Crippen molar-refractivity contribution >= 4 is 10.0 Å². The maximum Gasteiger partial charge on any atom is 0.274 e. The third-order valence-electron chi connectivity index (χ3n) is 3.17. The highest BCUT2D eigenvalue weighted by atomic mass is 32.2. The summed E-state index contributed by atoms with van der Waals surface area (Å²) in [4.78, 5) is 0. The van der Waals surface area contributed by atoms with Gasteiger partial charge in [-0.15, -0.1) is 0 Å². The molecule has 1 aromatic carbocycles. The molecule has 114 valence electrons. The molecular weight excluding hydrogens is 290 g/mol. The number of benzene rings is 1. The summed E-state index contributed by atoms with van der Waals surface area (Å²) in [6, 6.07) is 10.6. The molecule has 0 spiro atoms. The van der Waals surface area contributed by atoms with Gasteiger partial charge in [0.1, 0.15) is 12.4 Å². The standard InChI is InChI=1S/C15H19NO4S/c1-11(2)13-5-3-12(4-6-13)9-16-21(18,19)15-8-7-14(10-17)20-15/h3-8,11,16-17H,9-10H2,1-2H3. The van der Waals surface area contributed by atoms with Crippen molar-refractivity contribution in [1.82, 2.24) is 4.72 Å². The van der Waals surface area contributed by atoms with Crippen LogP contribution in [0, 0.1) is 0 Å². The summed E-state index contributed by atoms with van der Waals surface area (Å²) in [5, 5.41) is 8.70. The second-order valence-corrected chi connectivity index (χ2v) is 6.80. The van der Waals surface area contributed by atoms with Crippen LogP contribution in [0.1, 0.15) is 36.7 Å². The Hall–Kier alpha value is -1.63. The molecule has 2 aromatic rings. The van der Waals surface area contributed by atoms with Crippen LogP contribution in [-0.4, -0.2) is 13.5 Å². The molecule has 0 aliphatic rings. The summed E-state index contributed by atoms with van der Waals surface area (Å²) in [5.74, 6) is 0.660. The minimum absolute atomic E-state index is 0.189. The van der Waals surface area contributed by atoms with Crippen LogP contribution in [0.4, 0.5) is 0 Å². The Kier molecular flexibility index (Phi) is 4.82. The molecule has 0 bridgehead atoms. The molecule has 2 N–H and O–H groups in total. The quantitative estimate of drug-likeness (QED) is 0.858. The molecule has 0 saturated carbocycles. The van der Waals surface area contributed by atoms with Gasteiger partial charge in [-0.25, -0.2) is 13.1 Å². The maximum absolute atomic E-state index is 12.0. The molecule has 5 nitrogen and oxygen atoms in total. The zero-order valence-corrected chi connectivity index (χ0v) is 12.9. The van der Waals surface area contributed by atoms with Gasteiger partial charge in [0.15, 0.2) is 0 Å². The largest absolute Gasteiger partial charge is 0.446 e. The van der Waals surface area contributed by atoms with E-state index in [4.69, 9.17) is 9.52 Å². The Balaban J connectivity index is 2.04. The Bertz CT molecular complexity index is 687. The first-order valence-electron chi connectivity index (χ1n) is 6.70. The first kappa shape index (κ1) is 15.8. The normalized spacial score (nSPS) is 12.0. The van der Waals surface area contributed by atoms with E-state index < -0.39 is 10.0 Å². The average molecular weight is 309 g/mol. The van der Waals surface area contributed by atoms with Crippen molar-refractivity contribution in [2.75, 3.05) is 0 Å². The first-order valence-corrected chi connectivity index (χ1v) is 8.19. The van der Waals surface area contributed by atoms with Crippen molar-refractivity contribution < 1.29 is 17.9 Å². The summed E-state index contributed by atoms with van der Waals surface area (Å²) in [5.41, 5.74) is 2.08. The van der Waals surface area contributed by atoms with E-state index in [2.05, 4.69) is 18.6 Å². The molecule has 0 radical (unpaired) electrons. The highest BCUT2D eigenvalue weighted by Gasteiger charge is 2.18. The van der Waals surface area contributed by atoms with E-state index >= 15 is 0 Å². The lowest BCUT2D eigenvalue weighted by atomic mass is 10.0. The number of sulfonamides is 1. The van der Waals surface area contributed by atoms with Crippen LogP contribution in [0.15, 0.2) is 45.9 Å². The molecule has 1 heterocycles. The van der Waals surface area contributed by atoms with Gasteiger partial charge in [-0.05, 0) is 29.2 Å². The number of rotatable bonds is 6. The van der Waals surface area contributed by atoms with Crippen molar-refractivity contribution in [2.24, 2.45) is 0 Å². The molecule has 0 amide bonds. The van der Waals surface area contributed by atoms with Crippen molar-refractivity contribution in [3.8, 4) is 0 Å². The summed E-state index contributed by atoms with van der Waals surface area (Å²) < 4.78 is 31.6. The molecular formula is C15H19NO4S. The van der Waals surface area contributed by atoms with Gasteiger partial charge in [-0.3, -0.25) is 0 Å². The van der Waals surface area contributed by atoms with Gasteiger partial charge in [0.2, 0.25) is 5.09 Å². The summed E-state index contributed by atoms with van der Waals surface area (Å²) in [7, 11) is -3.70. The van der Waals surface area contributed by atoms with E-state index in [1.54, 1.807) is 0 Å². The topological polar surface area (TPSA) is 79.5 Å². The smallest absolute Gasteiger partial charge is 0.274 e. The fourth-order valence-electron chi connectivity index (χ4n) is 1.86. The van der Waals surface area contributed by atoms with Gasteiger partial charge in [0.25, 0.3) is 10.0 Å². The number of aliphatic hydroxyl groups is 1. The molecule has 0 atom stereocenters. The van der Waals surface area contributed by atoms with Crippen LogP contribution < -0.4 is 4.72 Å². The highest BCUT2D eigenvalue weighted by molar-refractivity contribution is 7.89. The van der Waals surface area contributed by atoms with Gasteiger partial charge in [-0.1, -0.05) is 38.1 Å². The van der Waals surface area contributed by atoms with Crippen LogP contribution in [-0.2, 0) is 23.2 Å². The fraction of sp³-hybridized carbons (Fsp3) is 0.333. The van der Waals surface area contributed by atoms with E-state index in [0.29, 0.717) is 5.92 Å². The van der Waals surface area contributed by atoms with Gasteiger partial charge in [0, 0.05) is 6.54 Å². The van der Waals surface area contributed by atoms with Crippen molar-refractivity contribution in [1.29, 1.82) is 0 Å². The molecule has 0 aliphatic carbocycles. The van der Waals surface area contributed by atoms with Crippen molar-refractivity contribution in [2.45, 2.75) is 38.0 Å². The third-order valence-corrected chi connectivity index (χ3v) is 4.44. The Morgan fingerprint density at radius 1 is 1.14 bits per heavy atom. The number of nitrogens with one attached hydrogen (secondary N) is 1. The van der Waals surface area contributed by atoms with Crippen molar-refractivity contribution in [3.05, 3.63) is 53.3 Å². The minimum atomic E-state index is -3.70. The van der Waals surface area contributed by atoms with E-state index in [-0.39, 0.29) is 24.0 Å². The van der Waals surface area contributed by atoms with E-state index in [1.807, 2.05) is 24.3 Å². The minimum Gasteiger partial charge on any atom is -0.446 e. The molecule has 1 aromatic heterocycles. The second kappa shape index (κ2) is 6.43. The highest BCUT2D eigenvalue weighted by Crippen LogP contribution is 2.16. The number of furan rings is 1. The average Bonchev–Trinajstić information content (AvgIpc) is 2.95. The van der Waals surface area contributed by atoms with Crippen LogP contribution in [0.5, 0.6) is 0 Å². The number of hydrogen-bond acceptors (Lipinski definition) is 4. The van der Waals surface area contributed by atoms with Gasteiger partial charge >= 0.3 is 0 Å². The number of hydrogen-bond donors (Lipinski definition) is 2. The molecule has 21 heavy (non-hydrogen) atoms. The SMILES string of the molecule is CC(C)c1ccc(CNS(=O)(=O)c2ccc(CO)o2)cc1. The lowest BCUT2D eigenvalue weighted by molar-refractivity contribution is 0.236. The van der Waals surface area contributed by atoms with E-state index in [1.165, 1.54) is 17.7 Å². The van der Waals surface area contributed by atoms with Crippen molar-refractivity contribution in [3.63, 3.8) is 0 Å². The lowest BCUT2D eigenvalue weighted by Crippen LogP contribution is -2.22. The molecule has 0 unspecified atom stereocenters. The predicted molar refractivity (Wildman–Crippen MR) is 79.2 cm³/mol. The summed E-state index contributed by atoms with van der Waals surface area (Å²) >= 11 is 0. The number of aliphatic hydroxyl groups excluding tert-OH is 1. The van der Waals surface area contributed by atoms with Crippen LogP contribution in [0.2, 0.25) is 0 Å². The van der Waals surface area contributed by atoms with Crippen LogP contribution in [0.25, 0.3) is 0 Å². The van der Waals surface area contributed by atoms with Crippen LogP contribution in [0.3, 0.4) is 0 Å². The molecule has 6 heteroatoms. The molecule has 0 aliphatic heterocycles. The Morgan fingerprint density at radius 3 is 2.33 bits per heavy atom.